The van der Waals surface area contributed by atoms with Crippen LogP contribution >= 0.6 is 0 Å². The van der Waals surface area contributed by atoms with Crippen molar-refractivity contribution in [1.82, 2.24) is 40.0 Å². The highest BCUT2D eigenvalue weighted by molar-refractivity contribution is 6.17. The molecule has 0 spiro atoms. The number of aryl methyl sites for hydroxylation is 8. The number of fused-ring (bicyclic) bond motifs is 2. The molecule has 2 aliphatic heterocycles. The van der Waals surface area contributed by atoms with Crippen LogP contribution in [0.15, 0.2) is 54.6 Å². The van der Waals surface area contributed by atoms with Crippen LogP contribution in [0.5, 0.6) is 0 Å². The molecule has 9 rings (SSSR count). The number of benzene rings is 2. The van der Waals surface area contributed by atoms with E-state index >= 15 is 0 Å². The second kappa shape index (κ2) is 20.1. The standard InChI is InChI=1S/C27H30N6O5.C23H26N4O5/c1-15-10-22(31(3)29-15)25(35)21-7-5-6-17-12-18(8-9-20(17)24(21)34)33-14-19(38-27(33)37)13-28-26(36)23-11-16(2)30-32(23)4;1-13-9-20(26(3)25-13)22(30)19-6-4-5-15-10-16(7-8-18(15)21(19)29)27-12-17(32-23(27)31)11-24-14(2)28/h8-12,19,21H,5-7,13-14H2,1-4H3,(H,28,36);7-10,17,19H,4-6,11-12H2,1-3H3,(H,24,28)/t19-,21?;17-,19?/m00/s1. The zero-order chi connectivity index (χ0) is 50.1. The van der Waals surface area contributed by atoms with E-state index in [0.29, 0.717) is 84.7 Å². The van der Waals surface area contributed by atoms with Gasteiger partial charge in [-0.05, 0) is 125 Å². The third kappa shape index (κ3) is 10.2. The first-order valence-corrected chi connectivity index (χ1v) is 23.3. The molecule has 4 amide bonds. The van der Waals surface area contributed by atoms with Crippen molar-refractivity contribution in [2.75, 3.05) is 36.0 Å². The molecule has 4 atom stereocenters. The van der Waals surface area contributed by atoms with Gasteiger partial charge in [-0.25, -0.2) is 9.59 Å². The van der Waals surface area contributed by atoms with Gasteiger partial charge in [0.05, 0.1) is 55.1 Å². The van der Waals surface area contributed by atoms with E-state index in [9.17, 15) is 38.4 Å². The molecule has 4 aliphatic rings. The number of cyclic esters (lactones) is 2. The first-order valence-electron chi connectivity index (χ1n) is 23.3. The monoisotopic (exact) mass is 956 g/mol. The van der Waals surface area contributed by atoms with Crippen LogP contribution in [0.3, 0.4) is 0 Å². The molecular weight excluding hydrogens is 901 g/mol. The van der Waals surface area contributed by atoms with E-state index in [1.54, 1.807) is 70.5 Å². The molecule has 2 fully saturated rings. The van der Waals surface area contributed by atoms with Gasteiger partial charge in [0.2, 0.25) is 5.91 Å². The number of ketones is 4. The van der Waals surface area contributed by atoms with Crippen LogP contribution in [0, 0.1) is 32.6 Å². The van der Waals surface area contributed by atoms with Crippen LogP contribution in [0.1, 0.15) is 113 Å². The normalized spacial score (nSPS) is 19.8. The quantitative estimate of drug-likeness (QED) is 0.103. The number of carbonyl (C=O) groups excluding carboxylic acids is 8. The third-order valence-corrected chi connectivity index (χ3v) is 13.0. The van der Waals surface area contributed by atoms with E-state index < -0.39 is 36.2 Å². The van der Waals surface area contributed by atoms with Gasteiger partial charge in [0.1, 0.15) is 29.3 Å². The Balaban J connectivity index is 0.000000191. The van der Waals surface area contributed by atoms with E-state index in [4.69, 9.17) is 9.47 Å². The van der Waals surface area contributed by atoms with Crippen LogP contribution in [-0.2, 0) is 48.3 Å². The summed E-state index contributed by atoms with van der Waals surface area (Å²) < 4.78 is 15.4. The fourth-order valence-corrected chi connectivity index (χ4v) is 9.62. The number of rotatable bonds is 11. The van der Waals surface area contributed by atoms with E-state index in [1.807, 2.05) is 26.0 Å². The van der Waals surface area contributed by atoms with Gasteiger partial charge in [0, 0.05) is 50.6 Å². The van der Waals surface area contributed by atoms with Gasteiger partial charge < -0.3 is 20.1 Å². The Morgan fingerprint density at radius 3 is 1.37 bits per heavy atom. The number of carbonyl (C=O) groups is 8. The molecule has 5 heterocycles. The van der Waals surface area contributed by atoms with Crippen molar-refractivity contribution in [2.45, 2.75) is 78.4 Å². The summed E-state index contributed by atoms with van der Waals surface area (Å²) in [4.78, 5) is 105. The summed E-state index contributed by atoms with van der Waals surface area (Å²) in [6.07, 6.45) is 1.58. The number of anilines is 2. The molecule has 366 valence electrons. The number of nitrogens with zero attached hydrogens (tertiary/aromatic N) is 8. The molecule has 2 saturated heterocycles. The van der Waals surface area contributed by atoms with Gasteiger partial charge >= 0.3 is 12.2 Å². The Bertz CT molecular complexity index is 2950. The number of hydrogen-bond acceptors (Lipinski definition) is 13. The van der Waals surface area contributed by atoms with Crippen LogP contribution in [0.25, 0.3) is 0 Å². The zero-order valence-corrected chi connectivity index (χ0v) is 40.2. The highest BCUT2D eigenvalue weighted by Crippen LogP contribution is 2.34. The summed E-state index contributed by atoms with van der Waals surface area (Å²) in [5.41, 5.74) is 7.39. The highest BCUT2D eigenvalue weighted by Gasteiger charge is 2.38. The largest absolute Gasteiger partial charge is 0.442 e. The van der Waals surface area contributed by atoms with Crippen molar-refractivity contribution in [3.63, 3.8) is 0 Å². The van der Waals surface area contributed by atoms with Crippen molar-refractivity contribution in [3.05, 3.63) is 111 Å². The van der Waals surface area contributed by atoms with Gasteiger partial charge in [0.15, 0.2) is 23.1 Å². The Morgan fingerprint density at radius 1 is 0.586 bits per heavy atom. The summed E-state index contributed by atoms with van der Waals surface area (Å²) in [6, 6.07) is 15.6. The van der Waals surface area contributed by atoms with Crippen LogP contribution in [0.4, 0.5) is 21.0 Å². The van der Waals surface area contributed by atoms with Crippen molar-refractivity contribution in [1.29, 1.82) is 0 Å². The Hall–Kier alpha value is -7.77. The summed E-state index contributed by atoms with van der Waals surface area (Å²) in [7, 11) is 5.10. The number of hydrogen-bond donors (Lipinski definition) is 2. The molecule has 2 unspecified atom stereocenters. The lowest BCUT2D eigenvalue weighted by molar-refractivity contribution is -0.119. The smallest absolute Gasteiger partial charge is 0.414 e. The minimum Gasteiger partial charge on any atom is -0.442 e. The summed E-state index contributed by atoms with van der Waals surface area (Å²) in [6.45, 7) is 7.82. The molecule has 0 saturated carbocycles. The van der Waals surface area contributed by atoms with Crippen molar-refractivity contribution >= 4 is 58.5 Å². The minimum atomic E-state index is -0.759. The summed E-state index contributed by atoms with van der Waals surface area (Å²) in [5.74, 6) is -2.81. The fourth-order valence-electron chi connectivity index (χ4n) is 9.62. The number of nitrogens with one attached hydrogen (secondary N) is 2. The van der Waals surface area contributed by atoms with Gasteiger partial charge in [-0.3, -0.25) is 52.6 Å². The molecule has 3 aromatic heterocycles. The predicted octanol–water partition coefficient (Wildman–Crippen LogP) is 4.75. The summed E-state index contributed by atoms with van der Waals surface area (Å²) >= 11 is 0. The van der Waals surface area contributed by atoms with Crippen molar-refractivity contribution in [3.8, 4) is 0 Å². The Morgan fingerprint density at radius 2 is 0.986 bits per heavy atom. The molecule has 2 aliphatic carbocycles. The number of amides is 4. The van der Waals surface area contributed by atoms with Crippen molar-refractivity contribution in [2.24, 2.45) is 33.0 Å². The molecule has 20 nitrogen and oxygen atoms in total. The molecule has 2 N–H and O–H groups in total. The number of Topliss-reactive ketones (excluding diaryl/α,β-unsaturated/α-hetero) is 4. The summed E-state index contributed by atoms with van der Waals surface area (Å²) in [5, 5.41) is 18.1. The van der Waals surface area contributed by atoms with E-state index in [-0.39, 0.29) is 54.6 Å². The zero-order valence-electron chi connectivity index (χ0n) is 40.2. The highest BCUT2D eigenvalue weighted by atomic mass is 16.6. The fraction of sp³-hybridized carbons (Fsp3) is 0.420. The topological polar surface area (TPSA) is 239 Å². The lowest BCUT2D eigenvalue weighted by Crippen LogP contribution is -2.35. The minimum absolute atomic E-state index is 0.159. The second-order valence-electron chi connectivity index (χ2n) is 18.3. The molecule has 5 aromatic rings. The maximum atomic E-state index is 13.4. The van der Waals surface area contributed by atoms with Gasteiger partial charge in [-0.1, -0.05) is 0 Å². The third-order valence-electron chi connectivity index (χ3n) is 13.0. The molecule has 0 radical (unpaired) electrons. The average Bonchev–Trinajstić information content (AvgIpc) is 4.10. The lowest BCUT2D eigenvalue weighted by atomic mass is 9.89. The second-order valence-corrected chi connectivity index (χ2v) is 18.3. The Labute approximate surface area is 403 Å². The van der Waals surface area contributed by atoms with Gasteiger partial charge in [-0.2, -0.15) is 15.3 Å². The van der Waals surface area contributed by atoms with Gasteiger partial charge in [0.25, 0.3) is 5.91 Å². The maximum absolute atomic E-state index is 13.4. The molecule has 70 heavy (non-hydrogen) atoms. The van der Waals surface area contributed by atoms with Crippen LogP contribution < -0.4 is 20.4 Å². The van der Waals surface area contributed by atoms with Crippen LogP contribution in [-0.4, -0.2) is 115 Å². The van der Waals surface area contributed by atoms with E-state index in [2.05, 4.69) is 25.9 Å². The lowest BCUT2D eigenvalue weighted by Gasteiger charge is -2.16. The van der Waals surface area contributed by atoms with Gasteiger partial charge in [-0.15, -0.1) is 0 Å². The first kappa shape index (κ1) is 48.7. The van der Waals surface area contributed by atoms with E-state index in [1.165, 1.54) is 30.8 Å². The van der Waals surface area contributed by atoms with Crippen molar-refractivity contribution < 1.29 is 47.8 Å². The molecule has 2 aromatic carbocycles. The average molecular weight is 957 g/mol. The van der Waals surface area contributed by atoms with E-state index in [0.717, 1.165) is 28.2 Å². The molecular formula is C50H56N10O10. The maximum Gasteiger partial charge on any atom is 0.414 e. The first-order chi connectivity index (χ1) is 33.4. The SMILES string of the molecule is CC(=O)NC[C@H]1CN(c2ccc3c(c2)CCCC(C(=O)c2cc(C)nn2C)C3=O)C(=O)O1.Cc1cc(C(=O)NC[C@H]2CN(c3ccc4c(c3)CCCC(C(=O)c3cc(C)nn3C)C4=O)C(=O)O2)n(C)n1. The van der Waals surface area contributed by atoms with Crippen LogP contribution in [0.2, 0.25) is 0 Å². The predicted molar refractivity (Wildman–Crippen MR) is 253 cm³/mol. The Kier molecular flexibility index (Phi) is 13.9. The molecule has 0 bridgehead atoms. The number of aromatic nitrogens is 6. The molecule has 20 heteroatoms. The number of ether oxygens (including phenoxy) is 2.